The topological polar surface area (TPSA) is 69.2 Å². The second kappa shape index (κ2) is 6.88. The normalized spacial score (nSPS) is 10.5. The van der Waals surface area contributed by atoms with Crippen molar-refractivity contribution in [2.75, 3.05) is 0 Å². The molecule has 4 nitrogen and oxygen atoms in total. The molecular formula is C14H13BrN2O2S. The summed E-state index contributed by atoms with van der Waals surface area (Å²) >= 11 is 5.06. The van der Waals surface area contributed by atoms with E-state index < -0.39 is 4.92 Å². The van der Waals surface area contributed by atoms with Gasteiger partial charge >= 0.3 is 0 Å². The molecule has 2 N–H and O–H groups in total. The van der Waals surface area contributed by atoms with Crippen LogP contribution in [0, 0.1) is 10.1 Å². The molecule has 0 saturated carbocycles. The summed E-state index contributed by atoms with van der Waals surface area (Å²) in [5.74, 6) is 0.743. The Bertz CT molecular complexity index is 634. The van der Waals surface area contributed by atoms with Gasteiger partial charge < -0.3 is 5.73 Å². The molecule has 0 radical (unpaired) electrons. The smallest absolute Gasteiger partial charge is 0.270 e. The molecule has 0 aliphatic carbocycles. The third-order valence-electron chi connectivity index (χ3n) is 2.78. The van der Waals surface area contributed by atoms with Crippen LogP contribution in [-0.2, 0) is 12.3 Å². The Morgan fingerprint density at radius 1 is 1.25 bits per heavy atom. The van der Waals surface area contributed by atoms with E-state index in [1.807, 2.05) is 18.2 Å². The SMILES string of the molecule is NCc1cccc(SCc2ccc([N+](=O)[O-])cc2Br)c1. The molecule has 0 fully saturated rings. The van der Waals surface area contributed by atoms with Gasteiger partial charge in [0.15, 0.2) is 0 Å². The lowest BCUT2D eigenvalue weighted by atomic mass is 10.2. The Balaban J connectivity index is 2.08. The lowest BCUT2D eigenvalue weighted by molar-refractivity contribution is -0.384. The van der Waals surface area contributed by atoms with Crippen LogP contribution in [0.5, 0.6) is 0 Å². The zero-order chi connectivity index (χ0) is 14.5. The maximum atomic E-state index is 10.7. The zero-order valence-electron chi connectivity index (χ0n) is 10.6. The lowest BCUT2D eigenvalue weighted by Gasteiger charge is -2.06. The molecule has 0 aliphatic rings. The van der Waals surface area contributed by atoms with Crippen LogP contribution in [0.15, 0.2) is 51.8 Å². The van der Waals surface area contributed by atoms with Crippen molar-refractivity contribution in [3.63, 3.8) is 0 Å². The average molecular weight is 353 g/mol. The third kappa shape index (κ3) is 3.82. The molecule has 0 atom stereocenters. The summed E-state index contributed by atoms with van der Waals surface area (Å²) in [4.78, 5) is 11.4. The Morgan fingerprint density at radius 3 is 2.70 bits per heavy atom. The first-order chi connectivity index (χ1) is 9.60. The maximum absolute atomic E-state index is 10.7. The van der Waals surface area contributed by atoms with Crippen molar-refractivity contribution in [2.45, 2.75) is 17.2 Å². The van der Waals surface area contributed by atoms with E-state index in [0.717, 1.165) is 26.2 Å². The minimum atomic E-state index is -0.396. The number of nitro groups is 1. The molecule has 0 unspecified atom stereocenters. The first-order valence-corrected chi connectivity index (χ1v) is 7.72. The molecule has 0 spiro atoms. The molecular weight excluding hydrogens is 340 g/mol. The van der Waals surface area contributed by atoms with Gasteiger partial charge in [-0.05, 0) is 23.3 Å². The highest BCUT2D eigenvalue weighted by Gasteiger charge is 2.09. The highest BCUT2D eigenvalue weighted by molar-refractivity contribution is 9.10. The first-order valence-electron chi connectivity index (χ1n) is 5.95. The molecule has 104 valence electrons. The highest BCUT2D eigenvalue weighted by Crippen LogP contribution is 2.29. The molecule has 0 bridgehead atoms. The predicted molar refractivity (Wildman–Crippen MR) is 84.7 cm³/mol. The Kier molecular flexibility index (Phi) is 5.17. The van der Waals surface area contributed by atoms with Gasteiger partial charge in [0.05, 0.1) is 4.92 Å². The summed E-state index contributed by atoms with van der Waals surface area (Å²) in [5.41, 5.74) is 7.83. The van der Waals surface area contributed by atoms with Crippen LogP contribution in [0.3, 0.4) is 0 Å². The Hall–Kier alpha value is -1.37. The molecule has 2 aromatic rings. The number of nitrogens with two attached hydrogens (primary N) is 1. The van der Waals surface area contributed by atoms with Gasteiger partial charge in [-0.3, -0.25) is 10.1 Å². The second-order valence-electron chi connectivity index (χ2n) is 4.17. The first kappa shape index (κ1) is 15.0. The van der Waals surface area contributed by atoms with E-state index in [-0.39, 0.29) is 5.69 Å². The molecule has 0 saturated heterocycles. The van der Waals surface area contributed by atoms with E-state index >= 15 is 0 Å². The Morgan fingerprint density at radius 2 is 2.05 bits per heavy atom. The summed E-state index contributed by atoms with van der Waals surface area (Å²) in [6, 6.07) is 12.9. The van der Waals surface area contributed by atoms with Gasteiger partial charge in [-0.15, -0.1) is 11.8 Å². The number of nitro benzene ring substituents is 1. The molecule has 20 heavy (non-hydrogen) atoms. The monoisotopic (exact) mass is 352 g/mol. The fraction of sp³-hybridized carbons (Fsp3) is 0.143. The minimum absolute atomic E-state index is 0.0933. The summed E-state index contributed by atoms with van der Waals surface area (Å²) < 4.78 is 0.758. The van der Waals surface area contributed by atoms with Gasteiger partial charge in [0.2, 0.25) is 0 Å². The number of hydrogen-bond donors (Lipinski definition) is 1. The number of halogens is 1. The summed E-state index contributed by atoms with van der Waals surface area (Å²) in [6.07, 6.45) is 0. The number of nitrogens with zero attached hydrogens (tertiary/aromatic N) is 1. The van der Waals surface area contributed by atoms with Gasteiger partial charge in [-0.1, -0.05) is 34.1 Å². The summed E-state index contributed by atoms with van der Waals surface area (Å²) in [7, 11) is 0. The molecule has 6 heteroatoms. The zero-order valence-corrected chi connectivity index (χ0v) is 13.0. The van der Waals surface area contributed by atoms with Crippen LogP contribution in [-0.4, -0.2) is 4.92 Å². The van der Waals surface area contributed by atoms with Gasteiger partial charge in [-0.2, -0.15) is 0 Å². The van der Waals surface area contributed by atoms with E-state index in [0.29, 0.717) is 6.54 Å². The molecule has 0 heterocycles. The average Bonchev–Trinajstić information content (AvgIpc) is 2.46. The van der Waals surface area contributed by atoms with Gasteiger partial charge in [0, 0.05) is 33.8 Å². The van der Waals surface area contributed by atoms with Crippen molar-refractivity contribution in [1.29, 1.82) is 0 Å². The minimum Gasteiger partial charge on any atom is -0.326 e. The van der Waals surface area contributed by atoms with Crippen LogP contribution in [0.2, 0.25) is 0 Å². The number of hydrogen-bond acceptors (Lipinski definition) is 4. The van der Waals surface area contributed by atoms with Crippen LogP contribution in [0.1, 0.15) is 11.1 Å². The standard InChI is InChI=1S/C14H13BrN2O2S/c15-14-7-12(17(18)19)5-4-11(14)9-20-13-3-1-2-10(6-13)8-16/h1-7H,8-9,16H2. The number of non-ortho nitro benzene ring substituents is 1. The highest BCUT2D eigenvalue weighted by atomic mass is 79.9. The molecule has 0 aromatic heterocycles. The largest absolute Gasteiger partial charge is 0.326 e. The van der Waals surface area contributed by atoms with Crippen LogP contribution >= 0.6 is 27.7 Å². The van der Waals surface area contributed by atoms with E-state index in [2.05, 4.69) is 22.0 Å². The fourth-order valence-electron chi connectivity index (χ4n) is 1.69. The van der Waals surface area contributed by atoms with Gasteiger partial charge in [0.1, 0.15) is 0 Å². The second-order valence-corrected chi connectivity index (χ2v) is 6.08. The summed E-state index contributed by atoms with van der Waals surface area (Å²) in [5, 5.41) is 10.7. The number of benzene rings is 2. The molecule has 0 amide bonds. The van der Waals surface area contributed by atoms with Crippen molar-refractivity contribution in [3.05, 3.63) is 68.2 Å². The summed E-state index contributed by atoms with van der Waals surface area (Å²) in [6.45, 7) is 0.523. The van der Waals surface area contributed by atoms with Crippen molar-refractivity contribution in [2.24, 2.45) is 5.73 Å². The van der Waals surface area contributed by atoms with Crippen molar-refractivity contribution < 1.29 is 4.92 Å². The van der Waals surface area contributed by atoms with Crippen molar-refractivity contribution in [1.82, 2.24) is 0 Å². The molecule has 2 aromatic carbocycles. The third-order valence-corrected chi connectivity index (χ3v) is 4.56. The molecule has 2 rings (SSSR count). The van der Waals surface area contributed by atoms with Crippen molar-refractivity contribution in [3.8, 4) is 0 Å². The van der Waals surface area contributed by atoms with E-state index in [9.17, 15) is 10.1 Å². The van der Waals surface area contributed by atoms with Crippen LogP contribution in [0.25, 0.3) is 0 Å². The van der Waals surface area contributed by atoms with Gasteiger partial charge in [-0.25, -0.2) is 0 Å². The molecule has 0 aliphatic heterocycles. The lowest BCUT2D eigenvalue weighted by Crippen LogP contribution is -1.95. The Labute approximate surface area is 129 Å². The van der Waals surface area contributed by atoms with Crippen LogP contribution in [0.4, 0.5) is 5.69 Å². The van der Waals surface area contributed by atoms with Crippen LogP contribution < -0.4 is 5.73 Å². The van der Waals surface area contributed by atoms with Gasteiger partial charge in [0.25, 0.3) is 5.69 Å². The van der Waals surface area contributed by atoms with E-state index in [4.69, 9.17) is 5.73 Å². The van der Waals surface area contributed by atoms with E-state index in [1.165, 1.54) is 12.1 Å². The fourth-order valence-corrected chi connectivity index (χ4v) is 3.37. The number of thioether (sulfide) groups is 1. The quantitative estimate of drug-likeness (QED) is 0.499. The number of rotatable bonds is 5. The predicted octanol–water partition coefficient (Wildman–Crippen LogP) is 4.11. The van der Waals surface area contributed by atoms with Crippen molar-refractivity contribution >= 4 is 33.4 Å². The maximum Gasteiger partial charge on any atom is 0.270 e. The van der Waals surface area contributed by atoms with E-state index in [1.54, 1.807) is 17.8 Å².